The zero-order chi connectivity index (χ0) is 40.3. The zero-order valence-electron chi connectivity index (χ0n) is 33.4. The Hall–Kier alpha value is -7.52. The fourth-order valence-corrected chi connectivity index (χ4v) is 11.3. The number of anilines is 3. The highest BCUT2D eigenvalue weighted by molar-refractivity contribution is 7.26. The van der Waals surface area contributed by atoms with Crippen LogP contribution in [0.15, 0.2) is 237 Å². The van der Waals surface area contributed by atoms with Crippen molar-refractivity contribution >= 4 is 59.3 Å². The lowest BCUT2D eigenvalue weighted by atomic mass is 9.68. The van der Waals surface area contributed by atoms with Gasteiger partial charge in [0, 0.05) is 31.4 Å². The van der Waals surface area contributed by atoms with E-state index in [1.807, 2.05) is 11.3 Å². The third-order valence-corrected chi connectivity index (χ3v) is 13.9. The van der Waals surface area contributed by atoms with Gasteiger partial charge >= 0.3 is 0 Å². The molecule has 1 nitrogen and oxygen atoms in total. The molecule has 0 bridgehead atoms. The maximum Gasteiger partial charge on any atom is 0.0714 e. The van der Waals surface area contributed by atoms with E-state index in [9.17, 15) is 0 Å². The van der Waals surface area contributed by atoms with Crippen LogP contribution >= 0.6 is 11.3 Å². The maximum absolute atomic E-state index is 2.52. The van der Waals surface area contributed by atoms with E-state index in [0.717, 1.165) is 11.4 Å². The molecule has 11 aromatic rings. The van der Waals surface area contributed by atoms with Gasteiger partial charge in [0.2, 0.25) is 0 Å². The van der Waals surface area contributed by atoms with Gasteiger partial charge in [-0.05, 0) is 97.2 Å². The molecule has 0 amide bonds. The first-order valence-electron chi connectivity index (χ1n) is 21.0. The fraction of sp³-hybridized carbons (Fsp3) is 0.0169. The van der Waals surface area contributed by atoms with Crippen LogP contribution in [0.3, 0.4) is 0 Å². The molecule has 286 valence electrons. The minimum Gasteiger partial charge on any atom is -0.309 e. The van der Waals surface area contributed by atoms with Crippen molar-refractivity contribution in [3.05, 3.63) is 259 Å². The first-order valence-corrected chi connectivity index (χ1v) is 21.8. The minimum atomic E-state index is -0.501. The smallest absolute Gasteiger partial charge is 0.0714 e. The van der Waals surface area contributed by atoms with Crippen molar-refractivity contribution < 1.29 is 0 Å². The van der Waals surface area contributed by atoms with Crippen molar-refractivity contribution in [2.24, 2.45) is 0 Å². The zero-order valence-corrected chi connectivity index (χ0v) is 34.2. The molecule has 0 spiro atoms. The summed E-state index contributed by atoms with van der Waals surface area (Å²) in [7, 11) is 0. The minimum absolute atomic E-state index is 0.501. The molecule has 0 aliphatic heterocycles. The third kappa shape index (κ3) is 5.53. The summed E-state index contributed by atoms with van der Waals surface area (Å²) in [5, 5.41) is 5.09. The highest BCUT2D eigenvalue weighted by Crippen LogP contribution is 2.60. The van der Waals surface area contributed by atoms with Gasteiger partial charge in [-0.25, -0.2) is 0 Å². The van der Waals surface area contributed by atoms with Crippen molar-refractivity contribution in [2.75, 3.05) is 4.90 Å². The molecule has 0 atom stereocenters. The Labute approximate surface area is 360 Å². The average molecular weight is 794 g/mol. The summed E-state index contributed by atoms with van der Waals surface area (Å²) in [6.45, 7) is 0. The van der Waals surface area contributed by atoms with Gasteiger partial charge in [-0.2, -0.15) is 0 Å². The third-order valence-electron chi connectivity index (χ3n) is 12.8. The molecule has 61 heavy (non-hydrogen) atoms. The van der Waals surface area contributed by atoms with Gasteiger partial charge in [-0.1, -0.05) is 200 Å². The number of rotatable bonds is 7. The number of fused-ring (bicyclic) bond motifs is 7. The number of hydrogen-bond donors (Lipinski definition) is 0. The Balaban J connectivity index is 1.06. The highest BCUT2D eigenvalue weighted by atomic mass is 32.1. The van der Waals surface area contributed by atoms with Gasteiger partial charge in [-0.15, -0.1) is 11.3 Å². The SMILES string of the molecule is c1ccc(C2(c3ccccc3)c3ccccc3-c3c(N(c4ccc(-c5ccc(-c6cccc7ccccc67)cc5)cc4)c4cccc5sc6ccccc6c45)cccc32)cc1. The molecule has 10 aromatic carbocycles. The van der Waals surface area contributed by atoms with Crippen LogP contribution in [-0.2, 0) is 5.41 Å². The van der Waals surface area contributed by atoms with Crippen LogP contribution in [0.25, 0.3) is 64.3 Å². The number of hydrogen-bond acceptors (Lipinski definition) is 2. The van der Waals surface area contributed by atoms with Crippen LogP contribution in [-0.4, -0.2) is 0 Å². The Morgan fingerprint density at radius 1 is 0.344 bits per heavy atom. The largest absolute Gasteiger partial charge is 0.309 e. The van der Waals surface area contributed by atoms with Gasteiger partial charge in [0.1, 0.15) is 0 Å². The lowest BCUT2D eigenvalue weighted by Gasteiger charge is -2.34. The molecule has 0 fully saturated rings. The monoisotopic (exact) mass is 793 g/mol. The van der Waals surface area contributed by atoms with E-state index in [2.05, 4.69) is 241 Å². The standard InChI is InChI=1S/C59H39NS/c1-3-18-44(19-4-1)59(45-20-5-2-6-21-45)51-26-11-9-23-49(51)57-52(59)27-14-28-53(57)60(54-29-15-31-56-58(54)50-24-10-12-30-55(50)61-56)46-38-36-41(37-39-46)40-32-34-43(35-33-40)48-25-13-17-42-16-7-8-22-47(42)48/h1-39H. The molecule has 2 heteroatoms. The van der Waals surface area contributed by atoms with Gasteiger partial charge in [0.15, 0.2) is 0 Å². The molecule has 0 unspecified atom stereocenters. The average Bonchev–Trinajstić information content (AvgIpc) is 3.87. The first kappa shape index (κ1) is 35.4. The van der Waals surface area contributed by atoms with E-state index < -0.39 is 5.41 Å². The second kappa shape index (κ2) is 14.3. The molecule has 1 aromatic heterocycles. The van der Waals surface area contributed by atoms with Crippen LogP contribution in [0, 0.1) is 0 Å². The Kier molecular flexibility index (Phi) is 8.33. The van der Waals surface area contributed by atoms with Crippen molar-refractivity contribution in [3.63, 3.8) is 0 Å². The predicted molar refractivity (Wildman–Crippen MR) is 260 cm³/mol. The van der Waals surface area contributed by atoms with E-state index in [0.29, 0.717) is 0 Å². The normalized spacial score (nSPS) is 12.7. The quantitative estimate of drug-likeness (QED) is 0.155. The summed E-state index contributed by atoms with van der Waals surface area (Å²) in [5.41, 5.74) is 15.4. The molecule has 1 aliphatic rings. The maximum atomic E-state index is 2.52. The predicted octanol–water partition coefficient (Wildman–Crippen LogP) is 16.4. The molecule has 12 rings (SSSR count). The Morgan fingerprint density at radius 3 is 1.64 bits per heavy atom. The molecular formula is C59H39NS. The second-order valence-corrected chi connectivity index (χ2v) is 17.0. The lowest BCUT2D eigenvalue weighted by molar-refractivity contribution is 0.768. The number of benzene rings is 10. The molecule has 0 saturated carbocycles. The summed E-state index contributed by atoms with van der Waals surface area (Å²) < 4.78 is 2.57. The van der Waals surface area contributed by atoms with Crippen molar-refractivity contribution in [1.82, 2.24) is 0 Å². The van der Waals surface area contributed by atoms with E-state index in [1.165, 1.54) is 92.3 Å². The molecule has 1 heterocycles. The van der Waals surface area contributed by atoms with Crippen LogP contribution in [0.5, 0.6) is 0 Å². The summed E-state index contributed by atoms with van der Waals surface area (Å²) >= 11 is 1.86. The van der Waals surface area contributed by atoms with E-state index in [4.69, 9.17) is 0 Å². The lowest BCUT2D eigenvalue weighted by Crippen LogP contribution is -2.28. The number of nitrogens with zero attached hydrogens (tertiary/aromatic N) is 1. The fourth-order valence-electron chi connectivity index (χ4n) is 10.1. The van der Waals surface area contributed by atoms with Gasteiger partial charge in [0.05, 0.1) is 16.8 Å². The summed E-state index contributed by atoms with van der Waals surface area (Å²) in [6.07, 6.45) is 0. The van der Waals surface area contributed by atoms with E-state index in [1.54, 1.807) is 0 Å². The molecule has 1 aliphatic carbocycles. The van der Waals surface area contributed by atoms with E-state index in [-0.39, 0.29) is 0 Å². The van der Waals surface area contributed by atoms with Crippen molar-refractivity contribution in [1.29, 1.82) is 0 Å². The second-order valence-electron chi connectivity index (χ2n) is 16.0. The molecule has 0 saturated heterocycles. The summed E-state index contributed by atoms with van der Waals surface area (Å²) in [4.78, 5) is 2.52. The Bertz CT molecular complexity index is 3360. The summed E-state index contributed by atoms with van der Waals surface area (Å²) in [5.74, 6) is 0. The van der Waals surface area contributed by atoms with Gasteiger partial charge in [-0.3, -0.25) is 0 Å². The highest BCUT2D eigenvalue weighted by Gasteiger charge is 2.47. The van der Waals surface area contributed by atoms with Gasteiger partial charge < -0.3 is 4.90 Å². The van der Waals surface area contributed by atoms with Crippen LogP contribution in [0.2, 0.25) is 0 Å². The van der Waals surface area contributed by atoms with Gasteiger partial charge in [0.25, 0.3) is 0 Å². The molecule has 0 radical (unpaired) electrons. The first-order chi connectivity index (χ1) is 30.3. The number of thiophene rings is 1. The van der Waals surface area contributed by atoms with Crippen LogP contribution < -0.4 is 4.90 Å². The van der Waals surface area contributed by atoms with Crippen molar-refractivity contribution in [3.8, 4) is 33.4 Å². The van der Waals surface area contributed by atoms with Crippen molar-refractivity contribution in [2.45, 2.75) is 5.41 Å². The Morgan fingerprint density at radius 2 is 0.869 bits per heavy atom. The van der Waals surface area contributed by atoms with E-state index >= 15 is 0 Å². The molecule has 0 N–H and O–H groups in total. The summed E-state index contributed by atoms with van der Waals surface area (Å²) in [6, 6.07) is 87.3. The van der Waals surface area contributed by atoms with Crippen LogP contribution in [0.1, 0.15) is 22.3 Å². The van der Waals surface area contributed by atoms with Crippen LogP contribution in [0.4, 0.5) is 17.1 Å². The topological polar surface area (TPSA) is 3.24 Å². The molecular weight excluding hydrogens is 755 g/mol.